The molecule has 6 saturated heterocycles. The van der Waals surface area contributed by atoms with Crippen LogP contribution in [0.3, 0.4) is 0 Å². The number of carboxylic acids is 1. The zero-order valence-electron chi connectivity index (χ0n) is 75.9. The number of hydrogen-bond donors (Lipinski definition) is 23. The van der Waals surface area contributed by atoms with Crippen molar-refractivity contribution in [2.24, 2.45) is 0 Å². The van der Waals surface area contributed by atoms with Gasteiger partial charge in [0.15, 0.2) is 31.5 Å². The summed E-state index contributed by atoms with van der Waals surface area (Å²) in [7, 11) is 0. The molecular weight excluding hydrogens is 1700 g/mol. The number of carbonyl (C=O) groups excluding carboxylic acids is 4. The minimum Gasteiger partial charge on any atom is -0.477 e. The number of carboxylic acid groups (broad SMARTS) is 1. The maximum atomic E-state index is 13.6. The van der Waals surface area contributed by atoms with Crippen LogP contribution in [0.2, 0.25) is 0 Å². The predicted octanol–water partition coefficient (Wildman–Crippen LogP) is -0.178. The van der Waals surface area contributed by atoms with Crippen molar-refractivity contribution in [1.29, 1.82) is 0 Å². The van der Waals surface area contributed by atoms with Crippen LogP contribution in [-0.2, 0) is 80.8 Å². The molecule has 33 atom stereocenters. The molecule has 6 aliphatic heterocycles. The second kappa shape index (κ2) is 61.0. The minimum absolute atomic E-state index is 0.157. The van der Waals surface area contributed by atoms with Gasteiger partial charge < -0.3 is 175 Å². The Morgan fingerprint density at radius 3 is 1.19 bits per heavy atom. The number of hydrogen-bond acceptors (Lipinski definition) is 35. The topological polar surface area (TPSA) is 629 Å². The molecule has 12 unspecified atom stereocenters. The van der Waals surface area contributed by atoms with Crippen molar-refractivity contribution in [3.05, 3.63) is 24.3 Å². The van der Waals surface area contributed by atoms with E-state index in [-0.39, 0.29) is 12.3 Å². The van der Waals surface area contributed by atoms with Gasteiger partial charge in [0, 0.05) is 33.6 Å². The summed E-state index contributed by atoms with van der Waals surface area (Å²) in [6.45, 7) is 0.270. The normalized spacial score (nSPS) is 34.3. The Morgan fingerprint density at radius 1 is 0.403 bits per heavy atom. The number of carbonyl (C=O) groups is 5. The molecule has 129 heavy (non-hydrogen) atoms. The lowest BCUT2D eigenvalue weighted by Gasteiger charge is -2.52. The zero-order valence-corrected chi connectivity index (χ0v) is 75.9. The van der Waals surface area contributed by atoms with Crippen LogP contribution in [0, 0.1) is 0 Å². The van der Waals surface area contributed by atoms with Crippen LogP contribution in [-0.4, -0.2) is 375 Å². The van der Waals surface area contributed by atoms with Gasteiger partial charge >= 0.3 is 5.97 Å². The van der Waals surface area contributed by atoms with E-state index >= 15 is 0 Å². The molecule has 6 rings (SSSR count). The van der Waals surface area contributed by atoms with E-state index in [9.17, 15) is 121 Å². The summed E-state index contributed by atoms with van der Waals surface area (Å²) < 4.78 is 71.6. The summed E-state index contributed by atoms with van der Waals surface area (Å²) in [5, 5.41) is 224. The molecule has 0 aliphatic carbocycles. The third-order valence-electron chi connectivity index (χ3n) is 24.8. The highest BCUT2D eigenvalue weighted by atomic mass is 16.8. The van der Waals surface area contributed by atoms with Crippen LogP contribution in [0.4, 0.5) is 0 Å². The van der Waals surface area contributed by atoms with Gasteiger partial charge in [-0.1, -0.05) is 205 Å². The average molecular weight is 1860 g/mol. The summed E-state index contributed by atoms with van der Waals surface area (Å²) in [5.41, 5.74) is 0. The maximum Gasteiger partial charge on any atom is 0.364 e. The number of unbranched alkanes of at least 4 members (excludes halogenated alkanes) is 30. The fourth-order valence-electron chi connectivity index (χ4n) is 17.3. The lowest BCUT2D eigenvalue weighted by Crippen LogP contribution is -2.72. The summed E-state index contributed by atoms with van der Waals surface area (Å²) in [5.74, 6) is -8.43. The first-order valence-corrected chi connectivity index (χ1v) is 47.2. The lowest BCUT2D eigenvalue weighted by molar-refractivity contribution is -0.388. The van der Waals surface area contributed by atoms with Crippen molar-refractivity contribution in [3.8, 4) is 0 Å². The van der Waals surface area contributed by atoms with Gasteiger partial charge in [-0.2, -0.15) is 0 Å². The Kier molecular flexibility index (Phi) is 53.6. The van der Waals surface area contributed by atoms with E-state index < -0.39 is 278 Å². The molecule has 6 fully saturated rings. The summed E-state index contributed by atoms with van der Waals surface area (Å²) >= 11 is 0. The van der Waals surface area contributed by atoms with E-state index in [4.69, 9.17) is 56.8 Å². The predicted molar refractivity (Wildman–Crippen MR) is 459 cm³/mol. The molecule has 40 heteroatoms. The third kappa shape index (κ3) is 35.9. The number of aliphatic hydroxyl groups excluding tert-OH is 18. The number of aliphatic hydroxyl groups is 18. The summed E-state index contributed by atoms with van der Waals surface area (Å²) in [6.07, 6.45) is -11.6. The van der Waals surface area contributed by atoms with Gasteiger partial charge in [-0.15, -0.1) is 0 Å². The monoisotopic (exact) mass is 1860 g/mol. The second-order valence-corrected chi connectivity index (χ2v) is 35.3. The molecule has 23 N–H and O–H groups in total. The van der Waals surface area contributed by atoms with Crippen LogP contribution < -0.4 is 21.3 Å². The van der Waals surface area contributed by atoms with Crippen molar-refractivity contribution >= 4 is 29.6 Å². The molecule has 6 heterocycles. The molecule has 40 nitrogen and oxygen atoms in total. The van der Waals surface area contributed by atoms with Crippen LogP contribution >= 0.6 is 0 Å². The second-order valence-electron chi connectivity index (χ2n) is 35.3. The first kappa shape index (κ1) is 113. The molecule has 6 aliphatic rings. The first-order chi connectivity index (χ1) is 61.9. The van der Waals surface area contributed by atoms with Crippen LogP contribution in [0.25, 0.3) is 0 Å². The van der Waals surface area contributed by atoms with Gasteiger partial charge in [0.05, 0.1) is 70.5 Å². The third-order valence-corrected chi connectivity index (χ3v) is 24.8. The fraction of sp³-hybridized carbons (Fsp3) is 0.899. The SMILES string of the molecule is CCCCCCCC/C=C\CCCCCCCCCCCCCCCC(=O)N[C@@H](CO[C@@H]1OC(CO)[C@@H](O[C@@H]2OC(CO)[C@H](O)[C@H](O[C@@H]3OC(CO)[C@@H](O[C@@H]4OC(CO)[C@H](O)[C@H](O[C@@H]5OC(CO)[C@H](O)[C@H](O[C@]6(C(=O)O)CC(O)[C@@H](NC(C)=O)C([C@H](O)[C@H](O)CO)O6)C5NC(C)=O)C4O)[C@H](O)C3NC(C)=O)C2O)[C@H](O)C1O)[C@H](O)/C=C/CCCCCCCCCCCCC. The van der Waals surface area contributed by atoms with Crippen LogP contribution in [0.5, 0.6) is 0 Å². The molecule has 0 saturated carbocycles. The number of allylic oxidation sites excluding steroid dienone is 3. The number of amides is 4. The Balaban J connectivity index is 1.09. The van der Waals surface area contributed by atoms with Gasteiger partial charge in [0.1, 0.15) is 140 Å². The van der Waals surface area contributed by atoms with E-state index in [2.05, 4.69) is 47.3 Å². The Morgan fingerprint density at radius 2 is 0.767 bits per heavy atom. The Labute approximate surface area is 757 Å². The lowest BCUT2D eigenvalue weighted by atomic mass is 9.88. The van der Waals surface area contributed by atoms with Gasteiger partial charge in [0.2, 0.25) is 23.6 Å². The Bertz CT molecular complexity index is 3160. The highest BCUT2D eigenvalue weighted by molar-refractivity contribution is 5.77. The maximum absolute atomic E-state index is 13.6. The molecule has 750 valence electrons. The van der Waals surface area contributed by atoms with Crippen molar-refractivity contribution in [2.45, 2.75) is 461 Å². The average Bonchev–Trinajstić information content (AvgIpc) is 0.705. The van der Waals surface area contributed by atoms with E-state index in [0.717, 1.165) is 78.6 Å². The number of nitrogens with one attached hydrogen (secondary N) is 4. The van der Waals surface area contributed by atoms with E-state index in [0.29, 0.717) is 12.8 Å². The van der Waals surface area contributed by atoms with Gasteiger partial charge in [-0.05, 0) is 44.9 Å². The minimum atomic E-state index is -3.24. The molecule has 0 aromatic carbocycles. The molecule has 0 aromatic rings. The Hall–Kier alpha value is -4.37. The standard InChI is InChI=1S/C89H158N4O36/c1-6-8-10-12-14-16-18-20-21-22-23-24-25-26-27-28-29-31-33-35-37-39-41-43-64(106)93-55(56(103)42-40-38-36-34-32-30-19-17-15-13-11-9-7-2)51-118-85-74(113)73(112)78(63(50-99)123-85)125-87-75(114)81(70(109)60(47-96)121-87)126-83-66(91-53(4)101)72(111)77(62(49-98)122-83)124-86-76(115)82(71(110)61(48-97)120-86)127-84-67(92-54(5)102)80(69(108)59(46-95)119-84)129-89(88(116)117)44-57(104)65(90-52(3)100)79(128-89)68(107)58(105)45-94/h20-21,40,42,55-63,65-87,94-99,103-105,107-115H,6-19,22-39,41,43-51H2,1-5H3,(H,90,100)(H,91,101)(H,92,102)(H,93,106)(H,116,117)/b21-20-,42-40+/t55-,56+,57?,58+,59?,60?,61?,62?,63?,65+,66?,67?,68+,69-,70-,71-,72+,73+,74?,75?,76?,77+,78+,79?,80+,81-,82-,83-,84-,85+,86-,87-,89-/m0/s1. The molecule has 4 amide bonds. The number of rotatable bonds is 63. The molecular formula is C89H158N4O36. The van der Waals surface area contributed by atoms with Gasteiger partial charge in [-0.3, -0.25) is 19.2 Å². The van der Waals surface area contributed by atoms with Crippen molar-refractivity contribution in [3.63, 3.8) is 0 Å². The molecule has 0 bridgehead atoms. The van der Waals surface area contributed by atoms with Crippen LogP contribution in [0.15, 0.2) is 24.3 Å². The molecule has 0 aromatic heterocycles. The highest BCUT2D eigenvalue weighted by Gasteiger charge is 2.62. The van der Waals surface area contributed by atoms with Crippen molar-refractivity contribution in [1.82, 2.24) is 21.3 Å². The fourth-order valence-corrected chi connectivity index (χ4v) is 17.3. The smallest absolute Gasteiger partial charge is 0.364 e. The van der Waals surface area contributed by atoms with E-state index in [1.165, 1.54) is 141 Å². The van der Waals surface area contributed by atoms with Gasteiger partial charge in [0.25, 0.3) is 5.79 Å². The molecule has 0 spiro atoms. The van der Waals surface area contributed by atoms with E-state index in [1.807, 2.05) is 6.08 Å². The van der Waals surface area contributed by atoms with Crippen molar-refractivity contribution < 1.29 is 178 Å². The highest BCUT2D eigenvalue weighted by Crippen LogP contribution is 2.41. The summed E-state index contributed by atoms with van der Waals surface area (Å²) in [6, 6.07) is -6.74. The number of ether oxygens (including phenoxy) is 12. The largest absolute Gasteiger partial charge is 0.477 e. The summed E-state index contributed by atoms with van der Waals surface area (Å²) in [4.78, 5) is 65.4. The quantitative estimate of drug-likeness (QED) is 0.0277. The number of aliphatic carboxylic acids is 1. The first-order valence-electron chi connectivity index (χ1n) is 47.2. The zero-order chi connectivity index (χ0) is 94.7. The van der Waals surface area contributed by atoms with Crippen molar-refractivity contribution in [2.75, 3.05) is 46.2 Å². The van der Waals surface area contributed by atoms with Crippen LogP contribution in [0.1, 0.15) is 259 Å². The van der Waals surface area contributed by atoms with E-state index in [1.54, 1.807) is 6.08 Å². The van der Waals surface area contributed by atoms with Gasteiger partial charge in [-0.25, -0.2) is 4.79 Å². The molecule has 0 radical (unpaired) electrons.